The van der Waals surface area contributed by atoms with E-state index in [0.29, 0.717) is 0 Å². The molecule has 2 aromatic heterocycles. The van der Waals surface area contributed by atoms with Crippen molar-refractivity contribution in [1.82, 2.24) is 10.3 Å². The van der Waals surface area contributed by atoms with Crippen LogP contribution in [-0.2, 0) is 0 Å². The molecule has 2 rings (SSSR count). The van der Waals surface area contributed by atoms with Crippen molar-refractivity contribution in [2.45, 2.75) is 26.3 Å². The highest BCUT2D eigenvalue weighted by molar-refractivity contribution is 9.11. The maximum Gasteiger partial charge on any atom is 0.0771 e. The minimum absolute atomic E-state index is 0.146. The molecule has 0 aromatic carbocycles. The van der Waals surface area contributed by atoms with Crippen LogP contribution in [-0.4, -0.2) is 11.5 Å². The van der Waals surface area contributed by atoms with E-state index in [4.69, 9.17) is 0 Å². The highest BCUT2D eigenvalue weighted by Gasteiger charge is 2.18. The smallest absolute Gasteiger partial charge is 0.0771 e. The third kappa shape index (κ3) is 3.88. The van der Waals surface area contributed by atoms with E-state index in [2.05, 4.69) is 67.5 Å². The van der Waals surface area contributed by atoms with Gasteiger partial charge in [-0.1, -0.05) is 6.92 Å². The van der Waals surface area contributed by atoms with Gasteiger partial charge in [0, 0.05) is 20.0 Å². The summed E-state index contributed by atoms with van der Waals surface area (Å²) in [7, 11) is 0. The zero-order chi connectivity index (χ0) is 13.8. The van der Waals surface area contributed by atoms with Gasteiger partial charge in [0.1, 0.15) is 0 Å². The molecule has 0 aliphatic carbocycles. The number of halogens is 2. The van der Waals surface area contributed by atoms with E-state index in [-0.39, 0.29) is 6.04 Å². The van der Waals surface area contributed by atoms with Crippen molar-refractivity contribution >= 4 is 43.2 Å². The van der Waals surface area contributed by atoms with Gasteiger partial charge in [-0.2, -0.15) is 0 Å². The Balaban J connectivity index is 2.36. The van der Waals surface area contributed by atoms with E-state index in [0.717, 1.165) is 27.6 Å². The van der Waals surface area contributed by atoms with Gasteiger partial charge in [0.25, 0.3) is 0 Å². The summed E-state index contributed by atoms with van der Waals surface area (Å²) in [5.41, 5.74) is 2.32. The summed E-state index contributed by atoms with van der Waals surface area (Å²) in [6, 6.07) is 4.42. The number of rotatable bonds is 5. The normalized spacial score (nSPS) is 12.6. The van der Waals surface area contributed by atoms with Crippen LogP contribution in [0.2, 0.25) is 0 Å². The van der Waals surface area contributed by atoms with E-state index >= 15 is 0 Å². The van der Waals surface area contributed by atoms with E-state index in [1.54, 1.807) is 11.3 Å². The number of pyridine rings is 1. The predicted molar refractivity (Wildman–Crippen MR) is 88.8 cm³/mol. The molecule has 0 aliphatic heterocycles. The van der Waals surface area contributed by atoms with Crippen molar-refractivity contribution in [2.24, 2.45) is 0 Å². The SMILES string of the molecule is CCCNC(c1csc(C)c1)c1ncc(Br)cc1Br. The molecule has 19 heavy (non-hydrogen) atoms. The lowest BCUT2D eigenvalue weighted by Crippen LogP contribution is -2.24. The van der Waals surface area contributed by atoms with Crippen molar-refractivity contribution in [1.29, 1.82) is 0 Å². The van der Waals surface area contributed by atoms with Crippen molar-refractivity contribution in [3.05, 3.63) is 48.8 Å². The van der Waals surface area contributed by atoms with Gasteiger partial charge >= 0.3 is 0 Å². The molecule has 102 valence electrons. The van der Waals surface area contributed by atoms with Crippen molar-refractivity contribution in [3.63, 3.8) is 0 Å². The second-order valence-corrected chi connectivity index (χ2v) is 7.28. The Labute approximate surface area is 134 Å². The summed E-state index contributed by atoms with van der Waals surface area (Å²) >= 11 is 8.84. The van der Waals surface area contributed by atoms with Gasteiger partial charge < -0.3 is 5.32 Å². The maximum atomic E-state index is 4.57. The van der Waals surface area contributed by atoms with E-state index in [9.17, 15) is 0 Å². The standard InChI is InChI=1S/C14H16Br2N2S/c1-3-4-17-13(10-5-9(2)19-8-10)14-12(16)6-11(15)7-18-14/h5-8,13,17H,3-4H2,1-2H3. The Kier molecular flexibility index (Phi) is 5.57. The Hall–Kier alpha value is -0.230. The van der Waals surface area contributed by atoms with Crippen molar-refractivity contribution in [3.8, 4) is 0 Å². The van der Waals surface area contributed by atoms with Gasteiger partial charge in [-0.25, -0.2) is 0 Å². The molecule has 0 fully saturated rings. The summed E-state index contributed by atoms with van der Waals surface area (Å²) in [5, 5.41) is 5.78. The summed E-state index contributed by atoms with van der Waals surface area (Å²) in [6.07, 6.45) is 2.95. The summed E-state index contributed by atoms with van der Waals surface area (Å²) in [5.74, 6) is 0. The lowest BCUT2D eigenvalue weighted by atomic mass is 10.1. The second-order valence-electron chi connectivity index (χ2n) is 4.40. The molecule has 0 spiro atoms. The van der Waals surface area contributed by atoms with Gasteiger partial charge in [0.2, 0.25) is 0 Å². The molecule has 0 saturated carbocycles. The lowest BCUT2D eigenvalue weighted by Gasteiger charge is -2.18. The molecule has 0 aliphatic rings. The molecule has 1 unspecified atom stereocenters. The fourth-order valence-corrected chi connectivity index (χ4v) is 3.86. The van der Waals surface area contributed by atoms with Crippen LogP contribution in [0.4, 0.5) is 0 Å². The third-order valence-corrected chi connectivity index (χ3v) is 4.74. The average molecular weight is 404 g/mol. The Morgan fingerprint density at radius 2 is 2.16 bits per heavy atom. The summed E-state index contributed by atoms with van der Waals surface area (Å²) in [6.45, 7) is 5.28. The largest absolute Gasteiger partial charge is 0.305 e. The minimum atomic E-state index is 0.146. The fourth-order valence-electron chi connectivity index (χ4n) is 1.91. The summed E-state index contributed by atoms with van der Waals surface area (Å²) < 4.78 is 2.01. The van der Waals surface area contributed by atoms with Crippen LogP contribution < -0.4 is 5.32 Å². The fraction of sp³-hybridized carbons (Fsp3) is 0.357. The molecule has 2 nitrogen and oxygen atoms in total. The van der Waals surface area contributed by atoms with E-state index < -0.39 is 0 Å². The number of aromatic nitrogens is 1. The molecule has 2 aromatic rings. The first-order valence-corrected chi connectivity index (χ1v) is 8.67. The molecule has 1 N–H and O–H groups in total. The number of aryl methyl sites for hydroxylation is 1. The van der Waals surface area contributed by atoms with Crippen LogP contribution in [0.3, 0.4) is 0 Å². The molecule has 1 atom stereocenters. The number of hydrogen-bond donors (Lipinski definition) is 1. The maximum absolute atomic E-state index is 4.57. The lowest BCUT2D eigenvalue weighted by molar-refractivity contribution is 0.585. The Morgan fingerprint density at radius 3 is 2.74 bits per heavy atom. The van der Waals surface area contributed by atoms with Crippen LogP contribution in [0.25, 0.3) is 0 Å². The van der Waals surface area contributed by atoms with Gasteiger partial charge in [0.15, 0.2) is 0 Å². The first kappa shape index (κ1) is 15.2. The van der Waals surface area contributed by atoms with E-state index in [1.807, 2.05) is 12.3 Å². The van der Waals surface area contributed by atoms with Crippen LogP contribution in [0.5, 0.6) is 0 Å². The minimum Gasteiger partial charge on any atom is -0.305 e. The molecule has 0 amide bonds. The summed E-state index contributed by atoms with van der Waals surface area (Å²) in [4.78, 5) is 5.89. The number of nitrogens with zero attached hydrogens (tertiary/aromatic N) is 1. The number of nitrogens with one attached hydrogen (secondary N) is 1. The highest BCUT2D eigenvalue weighted by atomic mass is 79.9. The molecule has 2 heterocycles. The van der Waals surface area contributed by atoms with E-state index in [1.165, 1.54) is 10.4 Å². The van der Waals surface area contributed by atoms with Crippen molar-refractivity contribution in [2.75, 3.05) is 6.54 Å². The Bertz CT molecular complexity index is 554. The predicted octanol–water partition coefficient (Wildman–Crippen LogP) is 5.07. The van der Waals surface area contributed by atoms with Crippen molar-refractivity contribution < 1.29 is 0 Å². The van der Waals surface area contributed by atoms with Gasteiger partial charge in [0.05, 0.1) is 11.7 Å². The van der Waals surface area contributed by atoms with Gasteiger partial charge in [-0.05, 0) is 74.8 Å². The zero-order valence-electron chi connectivity index (χ0n) is 10.9. The zero-order valence-corrected chi connectivity index (χ0v) is 14.9. The van der Waals surface area contributed by atoms with Gasteiger partial charge in [-0.15, -0.1) is 11.3 Å². The van der Waals surface area contributed by atoms with Crippen LogP contribution >= 0.6 is 43.2 Å². The molecular formula is C14H16Br2N2S. The molecular weight excluding hydrogens is 388 g/mol. The van der Waals surface area contributed by atoms with Crippen LogP contribution in [0.1, 0.15) is 35.5 Å². The topological polar surface area (TPSA) is 24.9 Å². The molecule has 0 radical (unpaired) electrons. The first-order valence-electron chi connectivity index (χ1n) is 6.21. The Morgan fingerprint density at radius 1 is 1.37 bits per heavy atom. The second kappa shape index (κ2) is 6.97. The number of hydrogen-bond acceptors (Lipinski definition) is 3. The third-order valence-electron chi connectivity index (χ3n) is 2.79. The molecule has 0 saturated heterocycles. The van der Waals surface area contributed by atoms with Gasteiger partial charge in [-0.3, -0.25) is 4.98 Å². The molecule has 5 heteroatoms. The highest BCUT2D eigenvalue weighted by Crippen LogP contribution is 2.31. The molecule has 0 bridgehead atoms. The quantitative estimate of drug-likeness (QED) is 0.753. The average Bonchev–Trinajstić information content (AvgIpc) is 2.78. The first-order chi connectivity index (χ1) is 9.11. The van der Waals surface area contributed by atoms with Crippen LogP contribution in [0, 0.1) is 6.92 Å². The monoisotopic (exact) mass is 402 g/mol. The van der Waals surface area contributed by atoms with Crippen LogP contribution in [0.15, 0.2) is 32.7 Å². The number of thiophene rings is 1.